The van der Waals surface area contributed by atoms with Gasteiger partial charge in [-0.25, -0.2) is 9.78 Å². The molecule has 0 unspecified atom stereocenters. The molecule has 0 aliphatic heterocycles. The average Bonchev–Trinajstić information content (AvgIpc) is 2.94. The summed E-state index contributed by atoms with van der Waals surface area (Å²) in [6.07, 6.45) is 2.21. The van der Waals surface area contributed by atoms with Crippen molar-refractivity contribution in [2.24, 2.45) is 0 Å². The number of H-pyrrole nitrogens is 1. The molecule has 27 heavy (non-hydrogen) atoms. The first-order valence-corrected chi connectivity index (χ1v) is 9.09. The number of rotatable bonds is 4. The van der Waals surface area contributed by atoms with Gasteiger partial charge in [-0.2, -0.15) is 5.26 Å². The van der Waals surface area contributed by atoms with Crippen molar-refractivity contribution in [2.75, 3.05) is 0 Å². The summed E-state index contributed by atoms with van der Waals surface area (Å²) >= 11 is 1.45. The second-order valence-corrected chi connectivity index (χ2v) is 7.26. The lowest BCUT2D eigenvalue weighted by Gasteiger charge is -2.11. The van der Waals surface area contributed by atoms with Crippen molar-refractivity contribution in [3.05, 3.63) is 68.1 Å². The van der Waals surface area contributed by atoms with Crippen molar-refractivity contribution in [3.8, 4) is 6.07 Å². The number of aromatic amines is 1. The Labute approximate surface area is 159 Å². The van der Waals surface area contributed by atoms with E-state index in [-0.39, 0.29) is 5.56 Å². The summed E-state index contributed by atoms with van der Waals surface area (Å²) in [4.78, 5) is 33.2. The second kappa shape index (κ2) is 7.56. The van der Waals surface area contributed by atoms with Crippen molar-refractivity contribution in [3.63, 3.8) is 0 Å². The Balaban J connectivity index is 1.74. The summed E-state index contributed by atoms with van der Waals surface area (Å²) in [6.45, 7) is 5.49. The maximum atomic E-state index is 12.3. The van der Waals surface area contributed by atoms with Crippen LogP contribution in [0, 0.1) is 25.2 Å². The van der Waals surface area contributed by atoms with Crippen LogP contribution >= 0.6 is 11.3 Å². The minimum atomic E-state index is -0.692. The third kappa shape index (κ3) is 3.96. The monoisotopic (exact) mass is 379 g/mol. The van der Waals surface area contributed by atoms with Crippen LogP contribution in [0.2, 0.25) is 0 Å². The van der Waals surface area contributed by atoms with Gasteiger partial charge in [0.15, 0.2) is 11.9 Å². The highest BCUT2D eigenvalue weighted by Crippen LogP contribution is 2.26. The van der Waals surface area contributed by atoms with Gasteiger partial charge in [0.2, 0.25) is 0 Å². The third-order valence-electron chi connectivity index (χ3n) is 4.19. The number of aryl methyl sites for hydroxylation is 2. The van der Waals surface area contributed by atoms with E-state index in [0.29, 0.717) is 21.6 Å². The number of nitrogens with one attached hydrogen (secondary N) is 1. The number of benzene rings is 1. The van der Waals surface area contributed by atoms with Crippen LogP contribution in [-0.2, 0) is 9.53 Å². The Morgan fingerprint density at radius 3 is 2.70 bits per heavy atom. The normalized spacial score (nSPS) is 12.2. The van der Waals surface area contributed by atoms with Crippen molar-refractivity contribution in [1.82, 2.24) is 9.97 Å². The van der Waals surface area contributed by atoms with E-state index in [1.54, 1.807) is 37.3 Å². The highest BCUT2D eigenvalue weighted by molar-refractivity contribution is 7.18. The Bertz CT molecular complexity index is 1130. The standard InChI is InChI=1S/C20H17N3O3S/c1-11-13(3)27-20-17(11)19(25)22-18(23-20)12(2)26-16(24)9-8-14-4-6-15(10-21)7-5-14/h4-9,12H,1-3H3,(H,22,23,25)/b9-8+/t12-/m1/s1. The molecular formula is C20H17N3O3S. The molecule has 0 saturated heterocycles. The Kier molecular flexibility index (Phi) is 5.19. The van der Waals surface area contributed by atoms with E-state index in [4.69, 9.17) is 10.00 Å². The van der Waals surface area contributed by atoms with Crippen LogP contribution in [0.4, 0.5) is 0 Å². The van der Waals surface area contributed by atoms with Gasteiger partial charge in [0.1, 0.15) is 4.83 Å². The van der Waals surface area contributed by atoms with Crippen molar-refractivity contribution >= 4 is 33.6 Å². The molecular weight excluding hydrogens is 362 g/mol. The lowest BCUT2D eigenvalue weighted by molar-refractivity contribution is -0.142. The van der Waals surface area contributed by atoms with E-state index in [2.05, 4.69) is 9.97 Å². The highest BCUT2D eigenvalue weighted by atomic mass is 32.1. The first-order chi connectivity index (χ1) is 12.9. The first-order valence-electron chi connectivity index (χ1n) is 8.28. The van der Waals surface area contributed by atoms with Crippen LogP contribution in [0.5, 0.6) is 0 Å². The number of hydrogen-bond donors (Lipinski definition) is 1. The van der Waals surface area contributed by atoms with Crippen molar-refractivity contribution in [1.29, 1.82) is 5.26 Å². The van der Waals surface area contributed by atoms with E-state index >= 15 is 0 Å². The SMILES string of the molecule is Cc1sc2nc([C@@H](C)OC(=O)/C=C/c3ccc(C#N)cc3)[nH]c(=O)c2c1C. The minimum absolute atomic E-state index is 0.229. The van der Waals surface area contributed by atoms with Crippen LogP contribution in [0.25, 0.3) is 16.3 Å². The van der Waals surface area contributed by atoms with Crippen LogP contribution in [0.3, 0.4) is 0 Å². The number of carbonyl (C=O) groups is 1. The molecule has 1 N–H and O–H groups in total. The maximum absolute atomic E-state index is 12.3. The highest BCUT2D eigenvalue weighted by Gasteiger charge is 2.17. The van der Waals surface area contributed by atoms with E-state index in [1.165, 1.54) is 17.4 Å². The van der Waals surface area contributed by atoms with E-state index in [0.717, 1.165) is 16.0 Å². The Morgan fingerprint density at radius 1 is 1.33 bits per heavy atom. The van der Waals surface area contributed by atoms with Gasteiger partial charge in [-0.3, -0.25) is 4.79 Å². The largest absolute Gasteiger partial charge is 0.451 e. The summed E-state index contributed by atoms with van der Waals surface area (Å²) in [5.74, 6) is -0.234. The second-order valence-electron chi connectivity index (χ2n) is 6.06. The molecule has 0 radical (unpaired) electrons. The Hall–Kier alpha value is -3.24. The fourth-order valence-corrected chi connectivity index (χ4v) is 3.60. The van der Waals surface area contributed by atoms with Gasteiger partial charge in [-0.05, 0) is 50.1 Å². The lowest BCUT2D eigenvalue weighted by Crippen LogP contribution is -2.16. The fourth-order valence-electron chi connectivity index (χ4n) is 2.57. The number of esters is 1. The summed E-state index contributed by atoms with van der Waals surface area (Å²) < 4.78 is 5.34. The van der Waals surface area contributed by atoms with Crippen LogP contribution in [0.1, 0.15) is 40.4 Å². The molecule has 2 heterocycles. The summed E-state index contributed by atoms with van der Waals surface area (Å²) in [7, 11) is 0. The van der Waals surface area contributed by atoms with Gasteiger partial charge in [-0.1, -0.05) is 12.1 Å². The minimum Gasteiger partial charge on any atom is -0.451 e. The van der Waals surface area contributed by atoms with Gasteiger partial charge in [0.05, 0.1) is 17.0 Å². The van der Waals surface area contributed by atoms with Gasteiger partial charge >= 0.3 is 5.97 Å². The molecule has 0 fully saturated rings. The zero-order chi connectivity index (χ0) is 19.6. The van der Waals surface area contributed by atoms with Crippen molar-refractivity contribution in [2.45, 2.75) is 26.9 Å². The molecule has 0 aliphatic rings. The molecule has 6 nitrogen and oxygen atoms in total. The quantitative estimate of drug-likeness (QED) is 0.549. The number of nitriles is 1. The molecule has 0 saturated carbocycles. The first kappa shape index (κ1) is 18.5. The predicted molar refractivity (Wildman–Crippen MR) is 104 cm³/mol. The molecule has 7 heteroatoms. The molecule has 2 aromatic heterocycles. The van der Waals surface area contributed by atoms with E-state index < -0.39 is 12.1 Å². The van der Waals surface area contributed by atoms with Gasteiger partial charge in [-0.15, -0.1) is 11.3 Å². The Morgan fingerprint density at radius 2 is 2.04 bits per heavy atom. The third-order valence-corrected chi connectivity index (χ3v) is 5.29. The fraction of sp³-hybridized carbons (Fsp3) is 0.200. The smallest absolute Gasteiger partial charge is 0.331 e. The molecule has 0 spiro atoms. The zero-order valence-electron chi connectivity index (χ0n) is 15.1. The maximum Gasteiger partial charge on any atom is 0.331 e. The van der Waals surface area contributed by atoms with Gasteiger partial charge < -0.3 is 9.72 Å². The molecule has 0 aliphatic carbocycles. The number of ether oxygens (including phenoxy) is 1. The van der Waals surface area contributed by atoms with Crippen LogP contribution < -0.4 is 5.56 Å². The van der Waals surface area contributed by atoms with E-state index in [9.17, 15) is 9.59 Å². The topological polar surface area (TPSA) is 95.8 Å². The number of thiophene rings is 1. The molecule has 1 aromatic carbocycles. The number of nitrogens with zero attached hydrogens (tertiary/aromatic N) is 2. The van der Waals surface area contributed by atoms with Crippen molar-refractivity contribution < 1.29 is 9.53 Å². The summed E-state index contributed by atoms with van der Waals surface area (Å²) in [6, 6.07) is 8.85. The van der Waals surface area contributed by atoms with Gasteiger partial charge in [0.25, 0.3) is 5.56 Å². The van der Waals surface area contributed by atoms with Crippen LogP contribution in [-0.4, -0.2) is 15.9 Å². The van der Waals surface area contributed by atoms with Crippen LogP contribution in [0.15, 0.2) is 35.1 Å². The number of hydrogen-bond acceptors (Lipinski definition) is 6. The lowest BCUT2D eigenvalue weighted by atomic mass is 10.1. The molecule has 1 atom stereocenters. The number of carbonyl (C=O) groups excluding carboxylic acids is 1. The summed E-state index contributed by atoms with van der Waals surface area (Å²) in [5, 5.41) is 9.37. The molecule has 3 rings (SSSR count). The van der Waals surface area contributed by atoms with E-state index in [1.807, 2.05) is 19.9 Å². The molecule has 3 aromatic rings. The molecule has 0 amide bonds. The summed E-state index contributed by atoms with van der Waals surface area (Å²) in [5.41, 5.74) is 2.02. The number of aromatic nitrogens is 2. The molecule has 136 valence electrons. The predicted octanol–water partition coefficient (Wildman–Crippen LogP) is 3.79. The molecule has 0 bridgehead atoms. The zero-order valence-corrected chi connectivity index (χ0v) is 15.9. The number of fused-ring (bicyclic) bond motifs is 1. The van der Waals surface area contributed by atoms with Gasteiger partial charge in [0, 0.05) is 11.0 Å². The average molecular weight is 379 g/mol.